The Hall–Kier alpha value is -1.86. The van der Waals surface area contributed by atoms with E-state index in [0.717, 1.165) is 17.7 Å². The summed E-state index contributed by atoms with van der Waals surface area (Å²) in [7, 11) is -3.85. The number of hydrogen-bond acceptors (Lipinski definition) is 2. The van der Waals surface area contributed by atoms with Crippen LogP contribution in [0.5, 0.6) is 0 Å². The molecule has 0 saturated carbocycles. The Balaban J connectivity index is 2.19. The normalized spacial score (nSPS) is 11.6. The number of benzene rings is 2. The van der Waals surface area contributed by atoms with E-state index in [1.807, 2.05) is 0 Å². The maximum atomic E-state index is 13.4. The van der Waals surface area contributed by atoms with Crippen molar-refractivity contribution in [1.29, 1.82) is 0 Å². The molecule has 2 aromatic rings. The van der Waals surface area contributed by atoms with Gasteiger partial charge in [0.1, 0.15) is 0 Å². The minimum Gasteiger partial charge on any atom is -0.207 e. The Kier molecular flexibility index (Phi) is 4.34. The van der Waals surface area contributed by atoms with Crippen LogP contribution in [0.15, 0.2) is 41.3 Å². The third kappa shape index (κ3) is 3.43. The van der Waals surface area contributed by atoms with Crippen molar-refractivity contribution in [3.63, 3.8) is 0 Å². The predicted molar refractivity (Wildman–Crippen MR) is 71.5 cm³/mol. The molecular formula is C14H12F3NO2S. The second kappa shape index (κ2) is 5.87. The zero-order valence-electron chi connectivity index (χ0n) is 11.0. The first-order valence-electron chi connectivity index (χ1n) is 6.00. The number of halogens is 3. The molecule has 2 rings (SSSR count). The summed E-state index contributed by atoms with van der Waals surface area (Å²) in [4.78, 5) is 0.0103. The highest BCUT2D eigenvalue weighted by Gasteiger charge is 2.17. The maximum Gasteiger partial charge on any atom is 0.240 e. The summed E-state index contributed by atoms with van der Waals surface area (Å²) in [6.07, 6.45) is 0. The van der Waals surface area contributed by atoms with Crippen LogP contribution in [0.2, 0.25) is 0 Å². The number of hydrogen-bond donors (Lipinski definition) is 1. The van der Waals surface area contributed by atoms with E-state index in [0.29, 0.717) is 0 Å². The van der Waals surface area contributed by atoms with Crippen molar-refractivity contribution in [2.24, 2.45) is 0 Å². The first-order chi connectivity index (χ1) is 9.81. The monoisotopic (exact) mass is 315 g/mol. The summed E-state index contributed by atoms with van der Waals surface area (Å²) in [5.74, 6) is -4.35. The van der Waals surface area contributed by atoms with Crippen LogP contribution < -0.4 is 4.72 Å². The van der Waals surface area contributed by atoms with E-state index in [-0.39, 0.29) is 10.5 Å². The van der Waals surface area contributed by atoms with Crippen LogP contribution in [0, 0.1) is 24.4 Å². The van der Waals surface area contributed by atoms with Gasteiger partial charge in [0.15, 0.2) is 17.5 Å². The van der Waals surface area contributed by atoms with Gasteiger partial charge in [0.05, 0.1) is 4.90 Å². The molecular weight excluding hydrogens is 303 g/mol. The molecule has 0 heterocycles. The van der Waals surface area contributed by atoms with Crippen molar-refractivity contribution in [2.45, 2.75) is 18.4 Å². The number of aryl methyl sites for hydroxylation is 1. The second-order valence-corrected chi connectivity index (χ2v) is 6.24. The molecule has 0 unspecified atom stereocenters. The summed E-state index contributed by atoms with van der Waals surface area (Å²) in [5, 5.41) is 0. The van der Waals surface area contributed by atoms with Crippen molar-refractivity contribution < 1.29 is 21.6 Å². The molecule has 0 spiro atoms. The van der Waals surface area contributed by atoms with E-state index in [9.17, 15) is 21.6 Å². The van der Waals surface area contributed by atoms with Crippen LogP contribution >= 0.6 is 0 Å². The number of rotatable bonds is 4. The zero-order chi connectivity index (χ0) is 15.6. The van der Waals surface area contributed by atoms with Gasteiger partial charge in [0.25, 0.3) is 0 Å². The van der Waals surface area contributed by atoms with Gasteiger partial charge in [-0.1, -0.05) is 23.8 Å². The molecule has 3 nitrogen and oxygen atoms in total. The van der Waals surface area contributed by atoms with Crippen LogP contribution in [0.4, 0.5) is 13.2 Å². The maximum absolute atomic E-state index is 13.4. The smallest absolute Gasteiger partial charge is 0.207 e. The van der Waals surface area contributed by atoms with E-state index < -0.39 is 34.0 Å². The Bertz CT molecular complexity index is 759. The van der Waals surface area contributed by atoms with Crippen LogP contribution in [-0.2, 0) is 16.6 Å². The molecule has 0 aliphatic carbocycles. The molecule has 0 atom stereocenters. The Morgan fingerprint density at radius 1 is 0.952 bits per heavy atom. The van der Waals surface area contributed by atoms with Gasteiger partial charge in [0, 0.05) is 12.1 Å². The van der Waals surface area contributed by atoms with Gasteiger partial charge < -0.3 is 0 Å². The Morgan fingerprint density at radius 2 is 1.57 bits per heavy atom. The van der Waals surface area contributed by atoms with Gasteiger partial charge in [-0.05, 0) is 25.1 Å². The summed E-state index contributed by atoms with van der Waals surface area (Å²) in [6, 6.07) is 7.78. The molecule has 0 aliphatic heterocycles. The molecule has 0 fully saturated rings. The molecule has 0 saturated heterocycles. The van der Waals surface area contributed by atoms with E-state index in [1.165, 1.54) is 12.1 Å². The standard InChI is InChI=1S/C14H12F3NO2S/c1-9-2-5-11(6-3-9)21(19,20)18-8-10-4-7-12(15)14(17)13(10)16/h2-7,18H,8H2,1H3. The highest BCUT2D eigenvalue weighted by atomic mass is 32.2. The van der Waals surface area contributed by atoms with Crippen molar-refractivity contribution >= 4 is 10.0 Å². The first-order valence-corrected chi connectivity index (χ1v) is 7.48. The van der Waals surface area contributed by atoms with Gasteiger partial charge in [-0.15, -0.1) is 0 Å². The van der Waals surface area contributed by atoms with E-state index in [1.54, 1.807) is 19.1 Å². The highest BCUT2D eigenvalue weighted by Crippen LogP contribution is 2.16. The van der Waals surface area contributed by atoms with E-state index >= 15 is 0 Å². The van der Waals surface area contributed by atoms with Gasteiger partial charge in [-0.3, -0.25) is 0 Å². The lowest BCUT2D eigenvalue weighted by Gasteiger charge is -2.08. The summed E-state index contributed by atoms with van der Waals surface area (Å²) < 4.78 is 65.4. The molecule has 0 amide bonds. The van der Waals surface area contributed by atoms with Crippen molar-refractivity contribution in [2.75, 3.05) is 0 Å². The SMILES string of the molecule is Cc1ccc(S(=O)(=O)NCc2ccc(F)c(F)c2F)cc1. The van der Waals surface area contributed by atoms with Crippen LogP contribution in [0.3, 0.4) is 0 Å². The minimum absolute atomic E-state index is 0.0103. The quantitative estimate of drug-likeness (QED) is 0.882. The summed E-state index contributed by atoms with van der Waals surface area (Å²) >= 11 is 0. The molecule has 1 N–H and O–H groups in total. The lowest BCUT2D eigenvalue weighted by Crippen LogP contribution is -2.24. The third-order valence-corrected chi connectivity index (χ3v) is 4.32. The molecule has 7 heteroatoms. The van der Waals surface area contributed by atoms with Crippen LogP contribution in [-0.4, -0.2) is 8.42 Å². The van der Waals surface area contributed by atoms with Gasteiger partial charge >= 0.3 is 0 Å². The molecule has 0 radical (unpaired) electrons. The fourth-order valence-corrected chi connectivity index (χ4v) is 2.68. The predicted octanol–water partition coefficient (Wildman–Crippen LogP) is 2.89. The number of sulfonamides is 1. The van der Waals surface area contributed by atoms with Crippen molar-refractivity contribution in [3.05, 3.63) is 65.0 Å². The average Bonchev–Trinajstić information content (AvgIpc) is 2.44. The number of nitrogens with one attached hydrogen (secondary N) is 1. The van der Waals surface area contributed by atoms with Crippen molar-refractivity contribution in [3.8, 4) is 0 Å². The van der Waals surface area contributed by atoms with Crippen LogP contribution in [0.25, 0.3) is 0 Å². The second-order valence-electron chi connectivity index (χ2n) is 4.47. The Labute approximate surface area is 120 Å². The zero-order valence-corrected chi connectivity index (χ0v) is 11.8. The molecule has 0 bridgehead atoms. The Morgan fingerprint density at radius 3 is 2.19 bits per heavy atom. The molecule has 0 aromatic heterocycles. The van der Waals surface area contributed by atoms with E-state index in [2.05, 4.69) is 4.72 Å². The van der Waals surface area contributed by atoms with Crippen LogP contribution in [0.1, 0.15) is 11.1 Å². The summed E-state index contributed by atoms with van der Waals surface area (Å²) in [6.45, 7) is 1.33. The van der Waals surface area contributed by atoms with Gasteiger partial charge in [0.2, 0.25) is 10.0 Å². The lowest BCUT2D eigenvalue weighted by atomic mass is 10.2. The topological polar surface area (TPSA) is 46.2 Å². The van der Waals surface area contributed by atoms with E-state index in [4.69, 9.17) is 0 Å². The minimum atomic E-state index is -3.85. The molecule has 2 aromatic carbocycles. The molecule has 112 valence electrons. The van der Waals surface area contributed by atoms with Gasteiger partial charge in [-0.25, -0.2) is 26.3 Å². The molecule has 0 aliphatic rings. The molecule has 21 heavy (non-hydrogen) atoms. The highest BCUT2D eigenvalue weighted by molar-refractivity contribution is 7.89. The van der Waals surface area contributed by atoms with Gasteiger partial charge in [-0.2, -0.15) is 0 Å². The fraction of sp³-hybridized carbons (Fsp3) is 0.143. The summed E-state index contributed by atoms with van der Waals surface area (Å²) in [5.41, 5.74) is 0.616. The first kappa shape index (κ1) is 15.5. The largest absolute Gasteiger partial charge is 0.240 e. The fourth-order valence-electron chi connectivity index (χ4n) is 1.68. The lowest BCUT2D eigenvalue weighted by molar-refractivity contribution is 0.440. The average molecular weight is 315 g/mol. The van der Waals surface area contributed by atoms with Crippen molar-refractivity contribution in [1.82, 2.24) is 4.72 Å². The third-order valence-electron chi connectivity index (χ3n) is 2.90.